The van der Waals surface area contributed by atoms with Crippen LogP contribution in [0, 0.1) is 17.8 Å². The van der Waals surface area contributed by atoms with Gasteiger partial charge in [-0.3, -0.25) is 4.99 Å². The predicted octanol–water partition coefficient (Wildman–Crippen LogP) is 4.93. The van der Waals surface area contributed by atoms with Gasteiger partial charge in [-0.25, -0.2) is 0 Å². The molecule has 4 aliphatic carbocycles. The van der Waals surface area contributed by atoms with Gasteiger partial charge in [-0.1, -0.05) is 24.3 Å². The highest BCUT2D eigenvalue weighted by Gasteiger charge is 2.50. The summed E-state index contributed by atoms with van der Waals surface area (Å²) in [6.45, 7) is 0. The molecule has 0 saturated heterocycles. The van der Waals surface area contributed by atoms with Gasteiger partial charge in [0.15, 0.2) is 0 Å². The van der Waals surface area contributed by atoms with E-state index in [-0.39, 0.29) is 5.54 Å². The van der Waals surface area contributed by atoms with Gasteiger partial charge in [0.05, 0.1) is 5.54 Å². The minimum absolute atomic E-state index is 0.173. The summed E-state index contributed by atoms with van der Waals surface area (Å²) in [4.78, 5) is 5.07. The minimum Gasteiger partial charge on any atom is -0.507 e. The Morgan fingerprint density at radius 3 is 2.09 bits per heavy atom. The second-order valence-corrected chi connectivity index (χ2v) is 8.16. The molecule has 0 amide bonds. The number of benzene rings is 2. The summed E-state index contributed by atoms with van der Waals surface area (Å²) in [5.41, 5.74) is 1.03. The van der Waals surface area contributed by atoms with Crippen LogP contribution in [0.3, 0.4) is 0 Å². The molecule has 6 rings (SSSR count). The molecule has 4 bridgehead atoms. The first-order valence-electron chi connectivity index (χ1n) is 8.96. The molecule has 118 valence electrons. The third-order valence-electron chi connectivity index (χ3n) is 6.38. The number of hydrogen-bond acceptors (Lipinski definition) is 2. The number of phenolic OH excluding ortho intramolecular Hbond substituents is 1. The van der Waals surface area contributed by atoms with Crippen LogP contribution in [0.1, 0.15) is 44.1 Å². The normalized spacial score (nSPS) is 35.4. The fourth-order valence-corrected chi connectivity index (χ4v) is 5.78. The van der Waals surface area contributed by atoms with Crippen LogP contribution in [0.5, 0.6) is 5.75 Å². The van der Waals surface area contributed by atoms with Crippen molar-refractivity contribution in [2.24, 2.45) is 22.7 Å². The lowest BCUT2D eigenvalue weighted by atomic mass is 9.53. The Morgan fingerprint density at radius 1 is 0.913 bits per heavy atom. The highest BCUT2D eigenvalue weighted by Crippen LogP contribution is 2.57. The van der Waals surface area contributed by atoms with E-state index in [1.54, 1.807) is 0 Å². The van der Waals surface area contributed by atoms with Crippen LogP contribution >= 0.6 is 0 Å². The first-order valence-corrected chi connectivity index (χ1v) is 8.96. The van der Waals surface area contributed by atoms with Crippen LogP contribution in [0.25, 0.3) is 10.8 Å². The number of rotatable bonds is 2. The number of phenols is 1. The highest BCUT2D eigenvalue weighted by atomic mass is 16.3. The zero-order valence-electron chi connectivity index (χ0n) is 13.4. The van der Waals surface area contributed by atoms with E-state index in [1.165, 1.54) is 38.5 Å². The van der Waals surface area contributed by atoms with Gasteiger partial charge in [0.2, 0.25) is 0 Å². The lowest BCUT2D eigenvalue weighted by Gasteiger charge is -2.54. The molecule has 2 aromatic carbocycles. The van der Waals surface area contributed by atoms with Crippen molar-refractivity contribution in [1.29, 1.82) is 0 Å². The van der Waals surface area contributed by atoms with Crippen molar-refractivity contribution in [2.45, 2.75) is 44.1 Å². The molecular formula is C21H23NO. The Morgan fingerprint density at radius 2 is 1.48 bits per heavy atom. The molecule has 0 atom stereocenters. The molecule has 2 nitrogen and oxygen atoms in total. The van der Waals surface area contributed by atoms with Crippen molar-refractivity contribution in [2.75, 3.05) is 0 Å². The number of aromatic hydroxyl groups is 1. The number of hydrogen-bond donors (Lipinski definition) is 1. The number of fused-ring (bicyclic) bond motifs is 1. The largest absolute Gasteiger partial charge is 0.507 e. The van der Waals surface area contributed by atoms with Gasteiger partial charge in [-0.2, -0.15) is 0 Å². The van der Waals surface area contributed by atoms with Crippen LogP contribution in [-0.4, -0.2) is 16.9 Å². The third kappa shape index (κ3) is 2.27. The van der Waals surface area contributed by atoms with Crippen LogP contribution < -0.4 is 0 Å². The van der Waals surface area contributed by atoms with Crippen molar-refractivity contribution < 1.29 is 5.11 Å². The van der Waals surface area contributed by atoms with Gasteiger partial charge in [0, 0.05) is 11.8 Å². The van der Waals surface area contributed by atoms with Crippen molar-refractivity contribution in [3.8, 4) is 5.75 Å². The molecule has 0 aliphatic heterocycles. The quantitative estimate of drug-likeness (QED) is 0.784. The number of nitrogens with zero attached hydrogens (tertiary/aromatic N) is 1. The van der Waals surface area contributed by atoms with Gasteiger partial charge < -0.3 is 5.11 Å². The Balaban J connectivity index is 1.49. The Kier molecular flexibility index (Phi) is 2.86. The maximum absolute atomic E-state index is 10.3. The molecule has 4 aliphatic rings. The lowest BCUT2D eigenvalue weighted by molar-refractivity contribution is 0.00195. The van der Waals surface area contributed by atoms with Crippen LogP contribution in [0.2, 0.25) is 0 Å². The van der Waals surface area contributed by atoms with E-state index < -0.39 is 0 Å². The zero-order chi connectivity index (χ0) is 15.4. The fraction of sp³-hybridized carbons (Fsp3) is 0.476. The molecule has 0 radical (unpaired) electrons. The summed E-state index contributed by atoms with van der Waals surface area (Å²) in [5, 5.41) is 12.6. The molecule has 1 N–H and O–H groups in total. The molecule has 0 spiro atoms. The molecule has 2 heteroatoms. The molecule has 0 unspecified atom stereocenters. The molecule has 0 aromatic heterocycles. The van der Waals surface area contributed by atoms with Gasteiger partial charge in [-0.05, 0) is 79.2 Å². The Bertz CT molecular complexity index is 756. The Labute approximate surface area is 137 Å². The van der Waals surface area contributed by atoms with E-state index in [4.69, 9.17) is 4.99 Å². The van der Waals surface area contributed by atoms with Gasteiger partial charge in [0.25, 0.3) is 0 Å². The van der Waals surface area contributed by atoms with Crippen LogP contribution in [0.15, 0.2) is 41.4 Å². The van der Waals surface area contributed by atoms with E-state index in [2.05, 4.69) is 12.1 Å². The van der Waals surface area contributed by atoms with Crippen molar-refractivity contribution in [3.63, 3.8) is 0 Å². The monoisotopic (exact) mass is 305 g/mol. The first-order chi connectivity index (χ1) is 11.2. The van der Waals surface area contributed by atoms with Gasteiger partial charge in [-0.15, -0.1) is 0 Å². The van der Waals surface area contributed by atoms with Gasteiger partial charge in [0.1, 0.15) is 5.75 Å². The molecule has 4 saturated carbocycles. The van der Waals surface area contributed by atoms with Crippen molar-refractivity contribution >= 4 is 17.0 Å². The van der Waals surface area contributed by atoms with E-state index in [0.717, 1.165) is 34.1 Å². The summed E-state index contributed by atoms with van der Waals surface area (Å²) < 4.78 is 0. The molecular weight excluding hydrogens is 282 g/mol. The first kappa shape index (κ1) is 13.6. The molecule has 0 heterocycles. The molecule has 4 fully saturated rings. The second kappa shape index (κ2) is 4.83. The van der Waals surface area contributed by atoms with Gasteiger partial charge >= 0.3 is 0 Å². The maximum atomic E-state index is 10.3. The second-order valence-electron chi connectivity index (χ2n) is 8.16. The summed E-state index contributed by atoms with van der Waals surface area (Å²) in [5.74, 6) is 3.06. The van der Waals surface area contributed by atoms with E-state index >= 15 is 0 Å². The fourth-order valence-electron chi connectivity index (χ4n) is 5.78. The Hall–Kier alpha value is -1.83. The SMILES string of the molecule is Oc1cc2ccccc2cc1C=NC12CC3CC(CC(C3)C1)C2. The minimum atomic E-state index is 0.173. The van der Waals surface area contributed by atoms with E-state index in [9.17, 15) is 5.11 Å². The molecule has 2 aromatic rings. The summed E-state index contributed by atoms with van der Waals surface area (Å²) >= 11 is 0. The maximum Gasteiger partial charge on any atom is 0.124 e. The van der Waals surface area contributed by atoms with Crippen molar-refractivity contribution in [1.82, 2.24) is 0 Å². The third-order valence-corrected chi connectivity index (χ3v) is 6.38. The van der Waals surface area contributed by atoms with E-state index in [1.807, 2.05) is 30.5 Å². The van der Waals surface area contributed by atoms with E-state index in [0.29, 0.717) is 5.75 Å². The van der Waals surface area contributed by atoms with Crippen LogP contribution in [0.4, 0.5) is 0 Å². The summed E-state index contributed by atoms with van der Waals surface area (Å²) in [6.07, 6.45) is 10.1. The standard InChI is InChI=1S/C21H23NO/c23-20-9-18-4-2-1-3-17(18)8-19(20)13-22-21-10-14-5-15(11-21)7-16(6-14)12-21/h1-4,8-9,13-16,23H,5-7,10-12H2. The smallest absolute Gasteiger partial charge is 0.124 e. The van der Waals surface area contributed by atoms with Crippen molar-refractivity contribution in [3.05, 3.63) is 42.0 Å². The zero-order valence-corrected chi connectivity index (χ0v) is 13.4. The van der Waals surface area contributed by atoms with Crippen LogP contribution in [-0.2, 0) is 0 Å². The summed E-state index contributed by atoms with van der Waals surface area (Å²) in [7, 11) is 0. The number of aliphatic imine (C=N–C) groups is 1. The lowest BCUT2D eigenvalue weighted by Crippen LogP contribution is -2.49. The summed E-state index contributed by atoms with van der Waals surface area (Å²) in [6, 6.07) is 12.1. The topological polar surface area (TPSA) is 32.6 Å². The highest BCUT2D eigenvalue weighted by molar-refractivity contribution is 5.93. The predicted molar refractivity (Wildman–Crippen MR) is 94.1 cm³/mol. The average Bonchev–Trinajstić information content (AvgIpc) is 2.51. The average molecular weight is 305 g/mol. The molecule has 23 heavy (non-hydrogen) atoms.